The molecule has 1 aliphatic heterocycles. The number of ether oxygens (including phenoxy) is 2. The van der Waals surface area contributed by atoms with Crippen molar-refractivity contribution in [2.75, 3.05) is 43.5 Å². The summed E-state index contributed by atoms with van der Waals surface area (Å²) in [5.41, 5.74) is 7.67. The van der Waals surface area contributed by atoms with Gasteiger partial charge in [0, 0.05) is 31.8 Å². The van der Waals surface area contributed by atoms with Crippen molar-refractivity contribution in [3.8, 4) is 11.5 Å². The molecule has 0 radical (unpaired) electrons. The normalized spacial score (nSPS) is 13.4. The summed E-state index contributed by atoms with van der Waals surface area (Å²) < 4.78 is 11.1. The molecule has 0 aliphatic carbocycles. The van der Waals surface area contributed by atoms with Gasteiger partial charge in [0.15, 0.2) is 11.5 Å². The predicted octanol–water partition coefficient (Wildman–Crippen LogP) is 1.25. The van der Waals surface area contributed by atoms with Crippen LogP contribution in [0.25, 0.3) is 0 Å². The summed E-state index contributed by atoms with van der Waals surface area (Å²) in [4.78, 5) is 2.13. The van der Waals surface area contributed by atoms with Crippen LogP contribution in [-0.4, -0.2) is 38.0 Å². The van der Waals surface area contributed by atoms with Crippen molar-refractivity contribution in [1.29, 1.82) is 0 Å². The summed E-state index contributed by atoms with van der Waals surface area (Å²) in [5.74, 6) is 1.45. The van der Waals surface area contributed by atoms with E-state index < -0.39 is 0 Å². The monoisotopic (exact) mass is 252 g/mol. The number of nitrogens with zero attached hydrogens (tertiary/aromatic N) is 1. The highest BCUT2D eigenvalue weighted by Gasteiger charge is 2.17. The molecular formula is C13H20N2O3. The summed E-state index contributed by atoms with van der Waals surface area (Å²) in [6.07, 6.45) is 0.724. The van der Waals surface area contributed by atoms with Crippen LogP contribution < -0.4 is 20.1 Å². The topological polar surface area (TPSA) is 68.0 Å². The Balaban J connectivity index is 2.25. The van der Waals surface area contributed by atoms with Crippen LogP contribution in [0.1, 0.15) is 13.3 Å². The standard InChI is InChI=1S/C13H20N2O3/c1-2-15(4-3-5-16)11-9-13-12(8-10(11)14)17-6-7-18-13/h8-9,16H,2-7,14H2,1H3. The van der Waals surface area contributed by atoms with Crippen LogP contribution in [0, 0.1) is 0 Å². The quantitative estimate of drug-likeness (QED) is 0.772. The molecule has 0 atom stereocenters. The third-order valence-electron chi connectivity index (χ3n) is 3.00. The highest BCUT2D eigenvalue weighted by Crippen LogP contribution is 2.38. The van der Waals surface area contributed by atoms with E-state index in [4.69, 9.17) is 20.3 Å². The lowest BCUT2D eigenvalue weighted by Crippen LogP contribution is -2.26. The fourth-order valence-electron chi connectivity index (χ4n) is 2.08. The number of aliphatic hydroxyl groups is 1. The molecule has 18 heavy (non-hydrogen) atoms. The van der Waals surface area contributed by atoms with Crippen LogP contribution in [0.2, 0.25) is 0 Å². The second-order valence-corrected chi connectivity index (χ2v) is 4.21. The van der Waals surface area contributed by atoms with Crippen LogP contribution in [0.15, 0.2) is 12.1 Å². The smallest absolute Gasteiger partial charge is 0.163 e. The number of rotatable bonds is 5. The lowest BCUT2D eigenvalue weighted by molar-refractivity contribution is 0.172. The van der Waals surface area contributed by atoms with Gasteiger partial charge in [-0.2, -0.15) is 0 Å². The minimum atomic E-state index is 0.182. The van der Waals surface area contributed by atoms with Crippen molar-refractivity contribution in [1.82, 2.24) is 0 Å². The van der Waals surface area contributed by atoms with Crippen LogP contribution in [-0.2, 0) is 0 Å². The first-order valence-corrected chi connectivity index (χ1v) is 6.31. The van der Waals surface area contributed by atoms with E-state index >= 15 is 0 Å². The molecule has 100 valence electrons. The fraction of sp³-hybridized carbons (Fsp3) is 0.538. The molecule has 2 rings (SSSR count). The molecule has 0 aromatic heterocycles. The molecule has 5 heteroatoms. The Kier molecular flexibility index (Phi) is 4.15. The fourth-order valence-corrected chi connectivity index (χ4v) is 2.08. The van der Waals surface area contributed by atoms with Gasteiger partial charge in [0.25, 0.3) is 0 Å². The molecule has 0 bridgehead atoms. The van der Waals surface area contributed by atoms with Crippen LogP contribution >= 0.6 is 0 Å². The minimum Gasteiger partial charge on any atom is -0.486 e. The summed E-state index contributed by atoms with van der Waals surface area (Å²) in [6, 6.07) is 3.73. The van der Waals surface area contributed by atoms with Crippen molar-refractivity contribution >= 4 is 11.4 Å². The maximum Gasteiger partial charge on any atom is 0.163 e. The molecule has 0 saturated carbocycles. The molecule has 0 unspecified atom stereocenters. The highest BCUT2D eigenvalue weighted by atomic mass is 16.6. The Morgan fingerprint density at radius 1 is 1.28 bits per heavy atom. The zero-order valence-corrected chi connectivity index (χ0v) is 10.7. The number of hydrogen-bond acceptors (Lipinski definition) is 5. The van der Waals surface area contributed by atoms with Crippen LogP contribution in [0.5, 0.6) is 11.5 Å². The first-order chi connectivity index (χ1) is 8.76. The van der Waals surface area contributed by atoms with E-state index in [1.165, 1.54) is 0 Å². The van der Waals surface area contributed by atoms with Gasteiger partial charge in [0.2, 0.25) is 0 Å². The number of benzene rings is 1. The molecular weight excluding hydrogens is 232 g/mol. The first-order valence-electron chi connectivity index (χ1n) is 6.31. The van der Waals surface area contributed by atoms with Gasteiger partial charge in [0.1, 0.15) is 13.2 Å². The number of fused-ring (bicyclic) bond motifs is 1. The average molecular weight is 252 g/mol. The molecule has 1 heterocycles. The maximum atomic E-state index is 8.92. The molecule has 1 aromatic rings. The minimum absolute atomic E-state index is 0.182. The molecule has 0 spiro atoms. The number of nitrogens with two attached hydrogens (primary N) is 1. The van der Waals surface area contributed by atoms with Gasteiger partial charge in [-0.25, -0.2) is 0 Å². The Hall–Kier alpha value is -1.62. The van der Waals surface area contributed by atoms with Gasteiger partial charge in [-0.05, 0) is 13.3 Å². The first kappa shape index (κ1) is 12.8. The van der Waals surface area contributed by atoms with E-state index in [-0.39, 0.29) is 6.61 Å². The van der Waals surface area contributed by atoms with Crippen molar-refractivity contribution in [2.45, 2.75) is 13.3 Å². The Morgan fingerprint density at radius 2 is 1.94 bits per heavy atom. The number of anilines is 2. The lowest BCUT2D eigenvalue weighted by atomic mass is 10.2. The molecule has 1 aromatic carbocycles. The van der Waals surface area contributed by atoms with E-state index in [1.54, 1.807) is 0 Å². The van der Waals surface area contributed by atoms with E-state index in [2.05, 4.69) is 11.8 Å². The second kappa shape index (κ2) is 5.82. The highest BCUT2D eigenvalue weighted by molar-refractivity contribution is 5.73. The van der Waals surface area contributed by atoms with Crippen molar-refractivity contribution < 1.29 is 14.6 Å². The molecule has 0 amide bonds. The van der Waals surface area contributed by atoms with E-state index in [0.717, 1.165) is 30.9 Å². The predicted molar refractivity (Wildman–Crippen MR) is 71.4 cm³/mol. The molecule has 1 aliphatic rings. The number of nitrogen functional groups attached to an aromatic ring is 1. The zero-order valence-electron chi connectivity index (χ0n) is 10.7. The van der Waals surface area contributed by atoms with Gasteiger partial charge in [0.05, 0.1) is 11.4 Å². The SMILES string of the molecule is CCN(CCCO)c1cc2c(cc1N)OCCO2. The van der Waals surface area contributed by atoms with Crippen molar-refractivity contribution in [2.24, 2.45) is 0 Å². The Labute approximate surface area is 107 Å². The third kappa shape index (κ3) is 2.61. The van der Waals surface area contributed by atoms with Crippen molar-refractivity contribution in [3.63, 3.8) is 0 Å². The maximum absolute atomic E-state index is 8.92. The van der Waals surface area contributed by atoms with Gasteiger partial charge in [-0.3, -0.25) is 0 Å². The van der Waals surface area contributed by atoms with Gasteiger partial charge in [-0.15, -0.1) is 0 Å². The second-order valence-electron chi connectivity index (χ2n) is 4.21. The summed E-state index contributed by atoms with van der Waals surface area (Å²) >= 11 is 0. The van der Waals surface area contributed by atoms with Gasteiger partial charge >= 0.3 is 0 Å². The number of aliphatic hydroxyl groups excluding tert-OH is 1. The largest absolute Gasteiger partial charge is 0.486 e. The molecule has 0 saturated heterocycles. The zero-order chi connectivity index (χ0) is 13.0. The van der Waals surface area contributed by atoms with Crippen molar-refractivity contribution in [3.05, 3.63) is 12.1 Å². The summed E-state index contributed by atoms with van der Waals surface area (Å²) in [6.45, 7) is 4.99. The van der Waals surface area contributed by atoms with Gasteiger partial charge in [-0.1, -0.05) is 0 Å². The summed E-state index contributed by atoms with van der Waals surface area (Å²) in [7, 11) is 0. The van der Waals surface area contributed by atoms with E-state index in [9.17, 15) is 0 Å². The molecule has 0 fully saturated rings. The summed E-state index contributed by atoms with van der Waals surface area (Å²) in [5, 5.41) is 8.92. The molecule has 5 nitrogen and oxygen atoms in total. The van der Waals surface area contributed by atoms with Gasteiger partial charge < -0.3 is 25.2 Å². The Morgan fingerprint density at radius 3 is 2.56 bits per heavy atom. The molecule has 3 N–H and O–H groups in total. The third-order valence-corrected chi connectivity index (χ3v) is 3.00. The Bertz CT molecular complexity index is 409. The van der Waals surface area contributed by atoms with E-state index in [0.29, 0.717) is 24.7 Å². The number of hydrogen-bond donors (Lipinski definition) is 2. The van der Waals surface area contributed by atoms with Crippen LogP contribution in [0.4, 0.5) is 11.4 Å². The van der Waals surface area contributed by atoms with E-state index in [1.807, 2.05) is 12.1 Å². The average Bonchev–Trinajstić information content (AvgIpc) is 2.40. The van der Waals surface area contributed by atoms with Crippen LogP contribution in [0.3, 0.4) is 0 Å². The lowest BCUT2D eigenvalue weighted by Gasteiger charge is -2.27.